The molecule has 8 nitrogen and oxygen atoms in total. The van der Waals surface area contributed by atoms with Gasteiger partial charge in [-0.05, 0) is 40.5 Å². The maximum atomic E-state index is 13.3. The highest BCUT2D eigenvalue weighted by atomic mass is 31.2. The Labute approximate surface area is 245 Å². The standard InChI is InChI=1S/C16H17O4P.C12H8O2P.C4H8O2/c1-19-10-12(17)11-21(18)16-9-5-3-7-14(16)13-6-2-4-8-15(13)20-21;13-15-12-8-4-2-6-10(12)9-5-1-3-7-11(9)14-15;1-5-2-4-3-6-4/h2-9,12,17H,10-11H2,1H3;1-8H;4H,2-3H2,1H3/q;+1;. The maximum absolute atomic E-state index is 13.3. The number of benzene rings is 4. The Hall–Kier alpha value is -3.35. The van der Waals surface area contributed by atoms with Crippen LogP contribution in [-0.2, 0) is 23.3 Å². The van der Waals surface area contributed by atoms with E-state index in [1.54, 1.807) is 13.2 Å². The van der Waals surface area contributed by atoms with Crippen molar-refractivity contribution < 1.29 is 37.2 Å². The Morgan fingerprint density at radius 3 is 2.24 bits per heavy atom. The van der Waals surface area contributed by atoms with Crippen LogP contribution in [0.1, 0.15) is 0 Å². The molecule has 4 aromatic carbocycles. The molecule has 42 heavy (non-hydrogen) atoms. The molecule has 0 aliphatic carbocycles. The van der Waals surface area contributed by atoms with Gasteiger partial charge < -0.3 is 23.8 Å². The van der Waals surface area contributed by atoms with Gasteiger partial charge in [-0.25, -0.2) is 4.20 Å². The third kappa shape index (κ3) is 6.99. The molecule has 1 fully saturated rings. The molecule has 2 aliphatic heterocycles. The summed E-state index contributed by atoms with van der Waals surface area (Å²) in [5, 5.41) is 13.4. The molecule has 1 saturated heterocycles. The monoisotopic (exact) mass is 607 g/mol. The quantitative estimate of drug-likeness (QED) is 0.125. The van der Waals surface area contributed by atoms with Crippen molar-refractivity contribution in [1.29, 1.82) is 0 Å². The smallest absolute Gasteiger partial charge is 0.439 e. The maximum Gasteiger partial charge on any atom is 0.597 e. The Morgan fingerprint density at radius 1 is 0.881 bits per heavy atom. The number of fused-ring (bicyclic) bond motifs is 6. The van der Waals surface area contributed by atoms with Crippen LogP contribution in [0.15, 0.2) is 101 Å². The van der Waals surface area contributed by atoms with Crippen molar-refractivity contribution in [3.8, 4) is 16.9 Å². The van der Waals surface area contributed by atoms with E-state index in [1.165, 1.54) is 7.11 Å². The molecule has 4 unspecified atom stereocenters. The molecule has 0 amide bonds. The van der Waals surface area contributed by atoms with Gasteiger partial charge in [0.05, 0.1) is 37.4 Å². The normalized spacial score (nSPS) is 19.2. The number of hydrogen-bond donors (Lipinski definition) is 1. The predicted octanol–water partition coefficient (Wildman–Crippen LogP) is 7.02. The molecule has 1 aromatic heterocycles. The van der Waals surface area contributed by atoms with Crippen LogP contribution < -0.4 is 9.83 Å². The van der Waals surface area contributed by atoms with Crippen molar-refractivity contribution in [3.63, 3.8) is 0 Å². The van der Waals surface area contributed by atoms with Crippen molar-refractivity contribution in [2.45, 2.75) is 12.2 Å². The zero-order valence-corrected chi connectivity index (χ0v) is 25.2. The molecule has 4 atom stereocenters. The summed E-state index contributed by atoms with van der Waals surface area (Å²) in [6.45, 7) is 1.80. The molecular weight excluding hydrogens is 574 g/mol. The van der Waals surface area contributed by atoms with Gasteiger partial charge in [-0.3, -0.25) is 4.57 Å². The van der Waals surface area contributed by atoms with Crippen molar-refractivity contribution in [2.24, 2.45) is 0 Å². The van der Waals surface area contributed by atoms with E-state index in [1.807, 2.05) is 91.0 Å². The molecule has 10 heteroatoms. The molecule has 218 valence electrons. The summed E-state index contributed by atoms with van der Waals surface area (Å²) in [5.74, 6) is 0.601. The van der Waals surface area contributed by atoms with E-state index in [-0.39, 0.29) is 12.8 Å². The van der Waals surface area contributed by atoms with Crippen LogP contribution in [0.2, 0.25) is 0 Å². The van der Waals surface area contributed by atoms with Crippen molar-refractivity contribution in [2.75, 3.05) is 40.2 Å². The molecule has 2 aliphatic rings. The molecule has 0 bridgehead atoms. The zero-order chi connectivity index (χ0) is 29.5. The summed E-state index contributed by atoms with van der Waals surface area (Å²) in [4.78, 5) is 0. The summed E-state index contributed by atoms with van der Waals surface area (Å²) in [6, 6.07) is 30.4. The summed E-state index contributed by atoms with van der Waals surface area (Å²) >= 11 is 0. The lowest BCUT2D eigenvalue weighted by atomic mass is 10.0. The third-order valence-corrected chi connectivity index (χ3v) is 10.4. The first-order valence-corrected chi connectivity index (χ1v) is 16.5. The van der Waals surface area contributed by atoms with Crippen molar-refractivity contribution >= 4 is 41.8 Å². The predicted molar refractivity (Wildman–Crippen MR) is 165 cm³/mol. The summed E-state index contributed by atoms with van der Waals surface area (Å²) in [7, 11) is -1.71. The van der Waals surface area contributed by atoms with E-state index < -0.39 is 21.1 Å². The highest BCUT2D eigenvalue weighted by Gasteiger charge is 2.37. The second kappa shape index (κ2) is 13.7. The molecule has 5 aromatic rings. The van der Waals surface area contributed by atoms with Gasteiger partial charge in [0.25, 0.3) is 7.37 Å². The minimum Gasteiger partial charge on any atom is -0.439 e. The fourth-order valence-electron chi connectivity index (χ4n) is 4.75. The molecule has 0 radical (unpaired) electrons. The van der Waals surface area contributed by atoms with Crippen molar-refractivity contribution in [3.05, 3.63) is 97.1 Å². The van der Waals surface area contributed by atoms with E-state index in [0.717, 1.165) is 40.2 Å². The van der Waals surface area contributed by atoms with Crippen LogP contribution in [-0.4, -0.2) is 57.5 Å². The molecule has 0 spiro atoms. The Morgan fingerprint density at radius 2 is 1.52 bits per heavy atom. The van der Waals surface area contributed by atoms with E-state index in [2.05, 4.69) is 0 Å². The second-order valence-electron chi connectivity index (χ2n) is 9.84. The number of hydrogen-bond acceptors (Lipinski definition) is 8. The average molecular weight is 608 g/mol. The highest BCUT2D eigenvalue weighted by molar-refractivity contribution is 7.67. The lowest BCUT2D eigenvalue weighted by molar-refractivity contribution is 0.0773. The van der Waals surface area contributed by atoms with Gasteiger partial charge in [0, 0.05) is 30.6 Å². The zero-order valence-electron chi connectivity index (χ0n) is 23.4. The van der Waals surface area contributed by atoms with Crippen LogP contribution in [0.4, 0.5) is 0 Å². The fraction of sp³-hybridized carbons (Fsp3) is 0.250. The second-order valence-corrected chi connectivity index (χ2v) is 13.4. The fourth-order valence-corrected chi connectivity index (χ4v) is 8.17. The number of aliphatic hydroxyl groups excluding tert-OH is 1. The van der Waals surface area contributed by atoms with Crippen LogP contribution in [0.25, 0.3) is 32.6 Å². The van der Waals surface area contributed by atoms with Gasteiger partial charge in [0.2, 0.25) is 5.12 Å². The Balaban J connectivity index is 0.000000145. The minimum atomic E-state index is -3.15. The third-order valence-electron chi connectivity index (χ3n) is 6.72. The van der Waals surface area contributed by atoms with Gasteiger partial charge in [0.1, 0.15) is 11.9 Å². The van der Waals surface area contributed by atoms with Crippen LogP contribution in [0.5, 0.6) is 5.75 Å². The van der Waals surface area contributed by atoms with Gasteiger partial charge in [-0.1, -0.05) is 66.7 Å². The van der Waals surface area contributed by atoms with Crippen LogP contribution in [0, 0.1) is 0 Å². The highest BCUT2D eigenvalue weighted by Crippen LogP contribution is 2.54. The molecule has 0 saturated carbocycles. The van der Waals surface area contributed by atoms with E-state index in [0.29, 0.717) is 22.7 Å². The largest absolute Gasteiger partial charge is 0.597 e. The molecular formula is C32H33O8P2+. The number of ether oxygens (including phenoxy) is 3. The van der Waals surface area contributed by atoms with Crippen molar-refractivity contribution in [1.82, 2.24) is 0 Å². The Kier molecular flexibility index (Phi) is 9.86. The summed E-state index contributed by atoms with van der Waals surface area (Å²) < 4.78 is 50.7. The number of epoxide rings is 1. The lowest BCUT2D eigenvalue weighted by Crippen LogP contribution is -2.27. The van der Waals surface area contributed by atoms with Gasteiger partial charge in [0.15, 0.2) is 5.58 Å². The van der Waals surface area contributed by atoms with E-state index >= 15 is 0 Å². The van der Waals surface area contributed by atoms with Gasteiger partial charge >= 0.3 is 7.65 Å². The summed E-state index contributed by atoms with van der Waals surface area (Å²) in [5.41, 5.74) is 2.55. The number of rotatable bonds is 6. The molecule has 3 heterocycles. The van der Waals surface area contributed by atoms with Gasteiger partial charge in [-0.2, -0.15) is 0 Å². The van der Waals surface area contributed by atoms with Crippen LogP contribution in [0.3, 0.4) is 0 Å². The molecule has 7 rings (SSSR count). The van der Waals surface area contributed by atoms with Crippen LogP contribution >= 0.6 is 15.0 Å². The molecule has 1 N–H and O–H groups in total. The number of aliphatic hydroxyl groups is 1. The van der Waals surface area contributed by atoms with E-state index in [9.17, 15) is 14.2 Å². The Bertz CT molecular complexity index is 1770. The number of methoxy groups -OCH3 is 2. The SMILES string of the molecule is COCC(O)CP1(=O)Oc2ccccc2-c2ccccc21.COCC1CO1.O=[p+]1oc2ccccc2c2ccccc21. The average Bonchev–Trinajstić information content (AvgIpc) is 3.83. The van der Waals surface area contributed by atoms with Gasteiger partial charge in [-0.15, -0.1) is 0 Å². The summed E-state index contributed by atoms with van der Waals surface area (Å²) in [6.07, 6.45) is -0.346. The van der Waals surface area contributed by atoms with E-state index in [4.69, 9.17) is 22.9 Å². The topological polar surface area (TPSA) is 108 Å². The lowest BCUT2D eigenvalue weighted by Gasteiger charge is -2.29. The number of para-hydroxylation sites is 2. The first-order valence-electron chi connectivity index (χ1n) is 13.5. The first-order chi connectivity index (χ1) is 20.4. The first kappa shape index (κ1) is 30.1. The minimum absolute atomic E-state index is 0.0478.